The number of hydrogen-bond acceptors (Lipinski definition) is 3. The number of carboxylic acids is 1. The molecule has 1 aromatic carbocycles. The maximum Gasteiger partial charge on any atom is 0.335 e. The number of carbonyl (C=O) groups is 1. The number of H-pyrrole nitrogens is 1. The molecule has 0 aliphatic rings. The Morgan fingerprint density at radius 2 is 1.89 bits per heavy atom. The van der Waals surface area contributed by atoms with E-state index in [1.54, 1.807) is 30.5 Å². The van der Waals surface area contributed by atoms with E-state index in [2.05, 4.69) is 15.0 Å². The molecule has 18 heavy (non-hydrogen) atoms. The van der Waals surface area contributed by atoms with E-state index in [1.807, 2.05) is 6.07 Å². The third kappa shape index (κ3) is 1.62. The minimum absolute atomic E-state index is 0.262. The SMILES string of the molecule is O=C(O)c1ccc(-c2ncnc3[nH]ccc23)cc1. The fourth-order valence-electron chi connectivity index (χ4n) is 1.87. The minimum Gasteiger partial charge on any atom is -0.478 e. The summed E-state index contributed by atoms with van der Waals surface area (Å²) in [6.45, 7) is 0. The van der Waals surface area contributed by atoms with Crippen LogP contribution in [-0.2, 0) is 0 Å². The lowest BCUT2D eigenvalue weighted by Crippen LogP contribution is -1.95. The molecule has 3 aromatic rings. The molecule has 0 unspecified atom stereocenters. The predicted molar refractivity (Wildman–Crippen MR) is 66.3 cm³/mol. The van der Waals surface area contributed by atoms with Crippen molar-refractivity contribution in [1.82, 2.24) is 15.0 Å². The fourth-order valence-corrected chi connectivity index (χ4v) is 1.87. The molecule has 2 N–H and O–H groups in total. The first-order chi connectivity index (χ1) is 8.75. The smallest absolute Gasteiger partial charge is 0.335 e. The zero-order valence-electron chi connectivity index (χ0n) is 9.29. The lowest BCUT2D eigenvalue weighted by molar-refractivity contribution is 0.0697. The molecule has 5 nitrogen and oxygen atoms in total. The van der Waals surface area contributed by atoms with E-state index < -0.39 is 5.97 Å². The maximum absolute atomic E-state index is 10.8. The second kappa shape index (κ2) is 3.96. The Balaban J connectivity index is 2.14. The van der Waals surface area contributed by atoms with E-state index >= 15 is 0 Å². The summed E-state index contributed by atoms with van der Waals surface area (Å²) in [6.07, 6.45) is 3.29. The van der Waals surface area contributed by atoms with Gasteiger partial charge in [-0.3, -0.25) is 0 Å². The van der Waals surface area contributed by atoms with Gasteiger partial charge in [0.05, 0.1) is 11.3 Å². The Morgan fingerprint density at radius 1 is 1.11 bits per heavy atom. The van der Waals surface area contributed by atoms with Gasteiger partial charge < -0.3 is 10.1 Å². The van der Waals surface area contributed by atoms with Gasteiger partial charge in [0.25, 0.3) is 0 Å². The molecule has 88 valence electrons. The van der Waals surface area contributed by atoms with E-state index in [0.29, 0.717) is 0 Å². The van der Waals surface area contributed by atoms with Crippen molar-refractivity contribution in [2.24, 2.45) is 0 Å². The van der Waals surface area contributed by atoms with Gasteiger partial charge in [-0.05, 0) is 18.2 Å². The van der Waals surface area contributed by atoms with Crippen molar-refractivity contribution >= 4 is 17.0 Å². The molecule has 0 atom stereocenters. The lowest BCUT2D eigenvalue weighted by Gasteiger charge is -2.02. The summed E-state index contributed by atoms with van der Waals surface area (Å²) in [5.74, 6) is -0.934. The van der Waals surface area contributed by atoms with Crippen LogP contribution in [0.3, 0.4) is 0 Å². The van der Waals surface area contributed by atoms with Gasteiger partial charge in [0, 0.05) is 17.1 Å². The maximum atomic E-state index is 10.8. The van der Waals surface area contributed by atoms with Crippen LogP contribution in [0, 0.1) is 0 Å². The largest absolute Gasteiger partial charge is 0.478 e. The monoisotopic (exact) mass is 239 g/mol. The molecule has 0 aliphatic heterocycles. The molecule has 0 aliphatic carbocycles. The van der Waals surface area contributed by atoms with Gasteiger partial charge in [-0.1, -0.05) is 12.1 Å². The fraction of sp³-hybridized carbons (Fsp3) is 0. The normalized spacial score (nSPS) is 10.7. The number of fused-ring (bicyclic) bond motifs is 1. The summed E-state index contributed by atoms with van der Waals surface area (Å²) >= 11 is 0. The van der Waals surface area contributed by atoms with Crippen LogP contribution >= 0.6 is 0 Å². The lowest BCUT2D eigenvalue weighted by atomic mass is 10.1. The van der Waals surface area contributed by atoms with Crippen LogP contribution in [0.5, 0.6) is 0 Å². The van der Waals surface area contributed by atoms with Crippen molar-refractivity contribution in [3.63, 3.8) is 0 Å². The van der Waals surface area contributed by atoms with E-state index in [0.717, 1.165) is 22.3 Å². The highest BCUT2D eigenvalue weighted by atomic mass is 16.4. The van der Waals surface area contributed by atoms with Crippen molar-refractivity contribution in [3.8, 4) is 11.3 Å². The third-order valence-electron chi connectivity index (χ3n) is 2.76. The Morgan fingerprint density at radius 3 is 2.61 bits per heavy atom. The van der Waals surface area contributed by atoms with Crippen molar-refractivity contribution in [2.45, 2.75) is 0 Å². The summed E-state index contributed by atoms with van der Waals surface area (Å²) in [4.78, 5) is 22.2. The van der Waals surface area contributed by atoms with Crippen molar-refractivity contribution in [2.75, 3.05) is 0 Å². The molecule has 0 amide bonds. The van der Waals surface area contributed by atoms with Gasteiger partial charge in [0.2, 0.25) is 0 Å². The molecule has 0 fully saturated rings. The van der Waals surface area contributed by atoms with Gasteiger partial charge in [0.15, 0.2) is 0 Å². The number of aromatic carboxylic acids is 1. The van der Waals surface area contributed by atoms with E-state index in [-0.39, 0.29) is 5.56 Å². The summed E-state index contributed by atoms with van der Waals surface area (Å²) in [7, 11) is 0. The highest BCUT2D eigenvalue weighted by molar-refractivity contribution is 5.92. The van der Waals surface area contributed by atoms with Crippen LogP contribution in [0.2, 0.25) is 0 Å². The van der Waals surface area contributed by atoms with Crippen LogP contribution in [0.1, 0.15) is 10.4 Å². The van der Waals surface area contributed by atoms with Gasteiger partial charge >= 0.3 is 5.97 Å². The van der Waals surface area contributed by atoms with Gasteiger partial charge in [-0.25, -0.2) is 14.8 Å². The van der Waals surface area contributed by atoms with Gasteiger partial charge in [0.1, 0.15) is 12.0 Å². The first-order valence-corrected chi connectivity index (χ1v) is 5.37. The van der Waals surface area contributed by atoms with Crippen LogP contribution < -0.4 is 0 Å². The Labute approximate surface area is 102 Å². The molecular formula is C13H9N3O2. The van der Waals surface area contributed by atoms with E-state index in [1.165, 1.54) is 6.33 Å². The highest BCUT2D eigenvalue weighted by Crippen LogP contribution is 2.24. The van der Waals surface area contributed by atoms with E-state index in [9.17, 15) is 4.79 Å². The number of benzene rings is 1. The number of aromatic amines is 1. The molecule has 3 rings (SSSR count). The van der Waals surface area contributed by atoms with Gasteiger partial charge in [-0.15, -0.1) is 0 Å². The molecule has 0 radical (unpaired) electrons. The number of nitrogens with one attached hydrogen (secondary N) is 1. The second-order valence-electron chi connectivity index (χ2n) is 3.84. The average molecular weight is 239 g/mol. The van der Waals surface area contributed by atoms with Crippen LogP contribution in [0.25, 0.3) is 22.3 Å². The molecule has 2 aromatic heterocycles. The number of aromatic nitrogens is 3. The number of rotatable bonds is 2. The molecule has 0 spiro atoms. The Bertz CT molecular complexity index is 716. The summed E-state index contributed by atoms with van der Waals surface area (Å²) in [5.41, 5.74) is 2.69. The van der Waals surface area contributed by atoms with Crippen molar-refractivity contribution < 1.29 is 9.90 Å². The first-order valence-electron chi connectivity index (χ1n) is 5.37. The van der Waals surface area contributed by atoms with Gasteiger partial charge in [-0.2, -0.15) is 0 Å². The number of nitrogens with zero attached hydrogens (tertiary/aromatic N) is 2. The molecular weight excluding hydrogens is 230 g/mol. The Hall–Kier alpha value is -2.69. The number of carboxylic acid groups (broad SMARTS) is 1. The predicted octanol–water partition coefficient (Wildman–Crippen LogP) is 2.32. The summed E-state index contributed by atoms with van der Waals surface area (Å²) < 4.78 is 0. The summed E-state index contributed by atoms with van der Waals surface area (Å²) in [5, 5.41) is 9.77. The average Bonchev–Trinajstić information content (AvgIpc) is 2.87. The van der Waals surface area contributed by atoms with Crippen LogP contribution in [0.15, 0.2) is 42.9 Å². The zero-order chi connectivity index (χ0) is 12.5. The highest BCUT2D eigenvalue weighted by Gasteiger charge is 2.08. The quantitative estimate of drug-likeness (QED) is 0.719. The van der Waals surface area contributed by atoms with Crippen LogP contribution in [0.4, 0.5) is 0 Å². The van der Waals surface area contributed by atoms with Crippen molar-refractivity contribution in [1.29, 1.82) is 0 Å². The molecule has 0 saturated heterocycles. The van der Waals surface area contributed by atoms with Crippen molar-refractivity contribution in [3.05, 3.63) is 48.4 Å². The second-order valence-corrected chi connectivity index (χ2v) is 3.84. The Kier molecular flexibility index (Phi) is 2.30. The summed E-state index contributed by atoms with van der Waals surface area (Å²) in [6, 6.07) is 8.53. The molecule has 0 saturated carbocycles. The topological polar surface area (TPSA) is 78.9 Å². The van der Waals surface area contributed by atoms with Crippen LogP contribution in [-0.4, -0.2) is 26.0 Å². The molecule has 5 heteroatoms. The number of hydrogen-bond donors (Lipinski definition) is 2. The first kappa shape index (κ1) is 10.5. The third-order valence-corrected chi connectivity index (χ3v) is 2.76. The minimum atomic E-state index is -0.934. The van der Waals surface area contributed by atoms with E-state index in [4.69, 9.17) is 5.11 Å². The zero-order valence-corrected chi connectivity index (χ0v) is 9.29. The molecule has 2 heterocycles. The molecule has 0 bridgehead atoms. The standard InChI is InChI=1S/C13H9N3O2/c17-13(18)9-3-1-8(2-4-9)11-10-5-6-14-12(10)16-7-15-11/h1-7H,(H,17,18)(H,14,15,16).